The minimum atomic E-state index is -7.49. The van der Waals surface area contributed by atoms with Crippen molar-refractivity contribution in [1.82, 2.24) is 0 Å². The maximum absolute atomic E-state index is 13.1. The molecule has 0 saturated carbocycles. The number of alkyl halides is 16. The van der Waals surface area contributed by atoms with Gasteiger partial charge in [0.2, 0.25) is 0 Å². The zero-order chi connectivity index (χ0) is 20.9. The summed E-state index contributed by atoms with van der Waals surface area (Å²) in [6.45, 7) is 0. The Morgan fingerprint density at radius 3 is 0.720 bits per heavy atom. The van der Waals surface area contributed by atoms with E-state index in [-0.39, 0.29) is 0 Å². The minimum absolute atomic E-state index is 2.50. The van der Waals surface area contributed by atoms with Crippen LogP contribution in [0.1, 0.15) is 0 Å². The Bertz CT molecular complexity index is 440. The van der Waals surface area contributed by atoms with Crippen molar-refractivity contribution in [1.29, 1.82) is 0 Å². The SMILES string of the molecule is FC(F)(F)C(F)(/C=C/C(C(F)(F)F)(C(F)(F)F)C(F)(F)F)C(F)(F)F. The van der Waals surface area contributed by atoms with E-state index in [1.807, 2.05) is 0 Å². The highest BCUT2D eigenvalue weighted by molar-refractivity contribution is 5.20. The number of rotatable bonds is 2. The zero-order valence-corrected chi connectivity index (χ0v) is 10.7. The lowest BCUT2D eigenvalue weighted by Crippen LogP contribution is -2.59. The molecule has 0 spiro atoms. The fourth-order valence-electron chi connectivity index (χ4n) is 1.36. The van der Waals surface area contributed by atoms with Crippen molar-refractivity contribution >= 4 is 0 Å². The van der Waals surface area contributed by atoms with Crippen LogP contribution in [0.3, 0.4) is 0 Å². The standard InChI is InChI=1S/C9H2F16/c10-4(8(20,21)22,9(23,24)25)2-1-3(5(11,12)13,6(14,15)16)7(17,18)19/h1-2H/b2-1+. The Balaban J connectivity index is 6.82. The van der Waals surface area contributed by atoms with Gasteiger partial charge in [0.05, 0.1) is 0 Å². The topological polar surface area (TPSA) is 0 Å². The lowest BCUT2D eigenvalue weighted by atomic mass is 9.83. The molecule has 0 aliphatic carbocycles. The highest BCUT2D eigenvalue weighted by Crippen LogP contribution is 2.61. The fourth-order valence-corrected chi connectivity index (χ4v) is 1.36. The molecule has 0 aliphatic heterocycles. The third-order valence-electron chi connectivity index (χ3n) is 2.73. The predicted molar refractivity (Wildman–Crippen MR) is 45.7 cm³/mol. The van der Waals surface area contributed by atoms with E-state index in [1.54, 1.807) is 0 Å². The molecule has 0 N–H and O–H groups in total. The molecule has 16 heteroatoms. The van der Waals surface area contributed by atoms with E-state index in [9.17, 15) is 70.2 Å². The van der Waals surface area contributed by atoms with Gasteiger partial charge in [-0.15, -0.1) is 0 Å². The molecule has 0 unspecified atom stereocenters. The van der Waals surface area contributed by atoms with Crippen molar-refractivity contribution < 1.29 is 70.2 Å². The molecule has 0 rings (SSSR count). The van der Waals surface area contributed by atoms with Crippen molar-refractivity contribution in [2.24, 2.45) is 5.41 Å². The van der Waals surface area contributed by atoms with Gasteiger partial charge in [0.1, 0.15) is 0 Å². The normalized spacial score (nSPS) is 16.6. The van der Waals surface area contributed by atoms with E-state index in [0.29, 0.717) is 0 Å². The highest BCUT2D eigenvalue weighted by atomic mass is 19.4. The molecule has 0 amide bonds. The Hall–Kier alpha value is -1.38. The second kappa shape index (κ2) is 5.82. The first-order valence-corrected chi connectivity index (χ1v) is 5.18. The van der Waals surface area contributed by atoms with Crippen molar-refractivity contribution in [3.05, 3.63) is 12.2 Å². The maximum Gasteiger partial charge on any atom is 0.435 e. The van der Waals surface area contributed by atoms with E-state index in [2.05, 4.69) is 0 Å². The molecule has 0 aliphatic rings. The van der Waals surface area contributed by atoms with Gasteiger partial charge in [-0.2, -0.15) is 65.9 Å². The summed E-state index contributed by atoms with van der Waals surface area (Å²) in [7, 11) is 0. The van der Waals surface area contributed by atoms with Crippen molar-refractivity contribution in [3.8, 4) is 0 Å². The predicted octanol–water partition coefficient (Wildman–Crippen LogP) is 6.05. The maximum atomic E-state index is 13.1. The lowest BCUT2D eigenvalue weighted by Gasteiger charge is -2.37. The largest absolute Gasteiger partial charge is 0.435 e. The van der Waals surface area contributed by atoms with E-state index < -0.39 is 54.1 Å². The summed E-state index contributed by atoms with van der Waals surface area (Å²) in [6, 6.07) is 0. The van der Waals surface area contributed by atoms with Crippen LogP contribution in [0.2, 0.25) is 0 Å². The first kappa shape index (κ1) is 23.6. The third-order valence-corrected chi connectivity index (χ3v) is 2.73. The van der Waals surface area contributed by atoms with E-state index in [4.69, 9.17) is 0 Å². The van der Waals surface area contributed by atoms with Crippen LogP contribution in [-0.4, -0.2) is 36.6 Å². The van der Waals surface area contributed by atoms with Gasteiger partial charge in [-0.25, -0.2) is 4.39 Å². The molecule has 0 atom stereocenters. The Labute approximate surface area is 126 Å². The Morgan fingerprint density at radius 1 is 0.320 bits per heavy atom. The van der Waals surface area contributed by atoms with Gasteiger partial charge in [0, 0.05) is 0 Å². The Morgan fingerprint density at radius 2 is 0.560 bits per heavy atom. The average Bonchev–Trinajstić information content (AvgIpc) is 2.19. The second-order valence-corrected chi connectivity index (χ2v) is 4.34. The molecule has 0 saturated heterocycles. The van der Waals surface area contributed by atoms with Crippen LogP contribution in [0.5, 0.6) is 0 Å². The van der Waals surface area contributed by atoms with Gasteiger partial charge in [-0.3, -0.25) is 0 Å². The molecule has 0 bridgehead atoms. The van der Waals surface area contributed by atoms with Crippen LogP contribution >= 0.6 is 0 Å². The van der Waals surface area contributed by atoms with Crippen LogP contribution in [0, 0.1) is 5.41 Å². The molecular weight excluding hydrogens is 412 g/mol. The monoisotopic (exact) mass is 414 g/mol. The zero-order valence-electron chi connectivity index (χ0n) is 10.7. The molecule has 0 heterocycles. The van der Waals surface area contributed by atoms with Gasteiger partial charge in [-0.1, -0.05) is 6.08 Å². The molecule has 0 aromatic rings. The van der Waals surface area contributed by atoms with Gasteiger partial charge >= 0.3 is 36.6 Å². The number of hydrogen-bond donors (Lipinski definition) is 0. The van der Waals surface area contributed by atoms with E-state index >= 15 is 0 Å². The van der Waals surface area contributed by atoms with Crippen LogP contribution in [-0.2, 0) is 0 Å². The second-order valence-electron chi connectivity index (χ2n) is 4.34. The molecule has 25 heavy (non-hydrogen) atoms. The van der Waals surface area contributed by atoms with Crippen LogP contribution in [0.4, 0.5) is 70.2 Å². The van der Waals surface area contributed by atoms with Crippen molar-refractivity contribution in [2.45, 2.75) is 36.6 Å². The lowest BCUT2D eigenvalue weighted by molar-refractivity contribution is -0.407. The minimum Gasteiger partial charge on any atom is -0.219 e. The summed E-state index contributed by atoms with van der Waals surface area (Å²) in [5, 5.41) is 0. The number of allylic oxidation sites excluding steroid dienone is 2. The summed E-state index contributed by atoms with van der Waals surface area (Å²) in [6.07, 6.45) is -41.9. The summed E-state index contributed by atoms with van der Waals surface area (Å²) >= 11 is 0. The molecule has 0 aromatic heterocycles. The molecule has 0 nitrogen and oxygen atoms in total. The smallest absolute Gasteiger partial charge is 0.219 e. The number of hydrogen-bond acceptors (Lipinski definition) is 0. The van der Waals surface area contributed by atoms with E-state index in [0.717, 1.165) is 0 Å². The van der Waals surface area contributed by atoms with Gasteiger partial charge in [0.25, 0.3) is 5.41 Å². The molecule has 0 fully saturated rings. The first-order chi connectivity index (χ1) is 10.5. The van der Waals surface area contributed by atoms with Crippen LogP contribution in [0.25, 0.3) is 0 Å². The summed E-state index contributed by atoms with van der Waals surface area (Å²) < 4.78 is 197. The number of halogens is 16. The average molecular weight is 414 g/mol. The van der Waals surface area contributed by atoms with Crippen LogP contribution in [0.15, 0.2) is 12.2 Å². The third kappa shape index (κ3) is 3.75. The van der Waals surface area contributed by atoms with Crippen molar-refractivity contribution in [2.75, 3.05) is 0 Å². The molecule has 150 valence electrons. The summed E-state index contributed by atoms with van der Waals surface area (Å²) in [5.74, 6) is 0. The van der Waals surface area contributed by atoms with E-state index in [1.165, 1.54) is 0 Å². The highest BCUT2D eigenvalue weighted by Gasteiger charge is 2.83. The molecule has 0 aromatic carbocycles. The first-order valence-electron chi connectivity index (χ1n) is 5.18. The fraction of sp³-hybridized carbons (Fsp3) is 0.778. The quantitative estimate of drug-likeness (QED) is 0.382. The summed E-state index contributed by atoms with van der Waals surface area (Å²) in [4.78, 5) is 0. The summed E-state index contributed by atoms with van der Waals surface area (Å²) in [5.41, 5.74) is -14.1. The van der Waals surface area contributed by atoms with Gasteiger partial charge in [0.15, 0.2) is 0 Å². The molecular formula is C9H2F16. The van der Waals surface area contributed by atoms with Gasteiger partial charge < -0.3 is 0 Å². The van der Waals surface area contributed by atoms with Crippen molar-refractivity contribution in [3.63, 3.8) is 0 Å². The van der Waals surface area contributed by atoms with Gasteiger partial charge in [-0.05, 0) is 6.08 Å². The Kier molecular flexibility index (Phi) is 5.50. The van der Waals surface area contributed by atoms with Crippen LogP contribution < -0.4 is 0 Å². The molecule has 0 radical (unpaired) electrons.